The molecular formula is C26H20N2O2. The second-order valence-electron chi connectivity index (χ2n) is 7.17. The Morgan fingerprint density at radius 2 is 1.43 bits per heavy atom. The van der Waals surface area contributed by atoms with Gasteiger partial charge in [0, 0.05) is 11.1 Å². The lowest BCUT2D eigenvalue weighted by molar-refractivity contribution is 0.102. The topological polar surface area (TPSA) is 66.0 Å². The molecule has 0 aliphatic heterocycles. The molecule has 1 amide bonds. The van der Waals surface area contributed by atoms with Gasteiger partial charge in [-0.15, -0.1) is 0 Å². The zero-order chi connectivity index (χ0) is 21.1. The van der Waals surface area contributed by atoms with E-state index in [0.29, 0.717) is 22.5 Å². The fraction of sp³-hybridized carbons (Fsp3) is 0.0769. The number of anilines is 1. The maximum atomic E-state index is 12.8. The van der Waals surface area contributed by atoms with Gasteiger partial charge in [-0.25, -0.2) is 0 Å². The van der Waals surface area contributed by atoms with Crippen molar-refractivity contribution in [2.75, 3.05) is 5.32 Å². The third kappa shape index (κ3) is 3.74. The highest BCUT2D eigenvalue weighted by molar-refractivity contribution is 6.06. The van der Waals surface area contributed by atoms with Gasteiger partial charge in [-0.1, -0.05) is 77.9 Å². The van der Waals surface area contributed by atoms with E-state index in [1.165, 1.54) is 0 Å². The summed E-state index contributed by atoms with van der Waals surface area (Å²) in [5, 5.41) is 12.8. The van der Waals surface area contributed by atoms with Gasteiger partial charge in [0.05, 0.1) is 5.56 Å². The normalized spacial score (nSPS) is 10.4. The highest BCUT2D eigenvalue weighted by Crippen LogP contribution is 2.41. The van der Waals surface area contributed by atoms with Crippen molar-refractivity contribution in [1.82, 2.24) is 0 Å². The summed E-state index contributed by atoms with van der Waals surface area (Å²) in [5.41, 5.74) is 5.26. The number of benzene rings is 3. The molecule has 3 aromatic carbocycles. The van der Waals surface area contributed by atoms with Gasteiger partial charge < -0.3 is 4.42 Å². The van der Waals surface area contributed by atoms with E-state index in [0.717, 1.165) is 22.3 Å². The Morgan fingerprint density at radius 1 is 0.833 bits per heavy atom. The average molecular weight is 392 g/mol. The molecule has 0 spiro atoms. The fourth-order valence-corrected chi connectivity index (χ4v) is 3.29. The lowest BCUT2D eigenvalue weighted by Gasteiger charge is -2.06. The lowest BCUT2D eigenvalue weighted by atomic mass is 9.99. The second kappa shape index (κ2) is 8.10. The van der Waals surface area contributed by atoms with Crippen molar-refractivity contribution < 1.29 is 9.21 Å². The van der Waals surface area contributed by atoms with E-state index in [9.17, 15) is 10.1 Å². The molecule has 0 atom stereocenters. The number of carbonyl (C=O) groups is 1. The number of furan rings is 1. The standard InChI is InChI=1S/C26H20N2O2/c1-17-8-12-20(13-9-17)24-22(16-27)23(19-6-4-3-5-7-19)26(30-24)28-25(29)21-14-10-18(2)11-15-21/h3-15H,1-2H3,(H,28,29). The molecule has 0 aliphatic carbocycles. The third-order valence-electron chi connectivity index (χ3n) is 4.94. The number of hydrogen-bond acceptors (Lipinski definition) is 3. The summed E-state index contributed by atoms with van der Waals surface area (Å²) in [6.45, 7) is 3.97. The smallest absolute Gasteiger partial charge is 0.257 e. The molecule has 0 saturated carbocycles. The molecule has 4 rings (SSSR count). The van der Waals surface area contributed by atoms with Crippen LogP contribution >= 0.6 is 0 Å². The zero-order valence-corrected chi connectivity index (χ0v) is 16.8. The minimum Gasteiger partial charge on any atom is -0.438 e. The predicted molar refractivity (Wildman–Crippen MR) is 118 cm³/mol. The Kier molecular flexibility index (Phi) is 5.19. The molecular weight excluding hydrogens is 372 g/mol. The maximum Gasteiger partial charge on any atom is 0.257 e. The van der Waals surface area contributed by atoms with E-state index in [1.54, 1.807) is 12.1 Å². The van der Waals surface area contributed by atoms with Crippen molar-refractivity contribution >= 4 is 11.8 Å². The van der Waals surface area contributed by atoms with Gasteiger partial charge in [0.25, 0.3) is 5.91 Å². The van der Waals surface area contributed by atoms with Crippen LogP contribution in [0.5, 0.6) is 0 Å². The Labute approximate surface area is 175 Å². The number of nitriles is 1. The highest BCUT2D eigenvalue weighted by Gasteiger charge is 2.24. The Morgan fingerprint density at radius 3 is 2.03 bits per heavy atom. The van der Waals surface area contributed by atoms with Crippen LogP contribution in [0.1, 0.15) is 27.0 Å². The fourth-order valence-electron chi connectivity index (χ4n) is 3.29. The summed E-state index contributed by atoms with van der Waals surface area (Å²) < 4.78 is 6.08. The van der Waals surface area contributed by atoms with Gasteiger partial charge in [0.15, 0.2) is 5.76 Å². The van der Waals surface area contributed by atoms with Crippen molar-refractivity contribution in [1.29, 1.82) is 5.26 Å². The number of rotatable bonds is 4. The van der Waals surface area contributed by atoms with E-state index in [4.69, 9.17) is 4.42 Å². The predicted octanol–water partition coefficient (Wildman–Crippen LogP) is 6.35. The molecule has 0 saturated heterocycles. The Hall–Kier alpha value is -4.10. The number of carbonyl (C=O) groups excluding carboxylic acids is 1. The van der Waals surface area contributed by atoms with Gasteiger partial charge in [-0.2, -0.15) is 5.26 Å². The molecule has 4 heteroatoms. The molecule has 1 N–H and O–H groups in total. The highest BCUT2D eigenvalue weighted by atomic mass is 16.4. The molecule has 1 aromatic heterocycles. The minimum absolute atomic E-state index is 0.263. The third-order valence-corrected chi connectivity index (χ3v) is 4.94. The van der Waals surface area contributed by atoms with Crippen molar-refractivity contribution in [3.05, 3.63) is 101 Å². The number of nitrogens with one attached hydrogen (secondary N) is 1. The van der Waals surface area contributed by atoms with E-state index in [1.807, 2.05) is 80.6 Å². The molecule has 30 heavy (non-hydrogen) atoms. The van der Waals surface area contributed by atoms with Crippen LogP contribution < -0.4 is 5.32 Å². The van der Waals surface area contributed by atoms with E-state index in [2.05, 4.69) is 11.4 Å². The first-order chi connectivity index (χ1) is 14.6. The molecule has 4 aromatic rings. The van der Waals surface area contributed by atoms with Crippen molar-refractivity contribution in [3.8, 4) is 28.5 Å². The SMILES string of the molecule is Cc1ccc(C(=O)Nc2oc(-c3ccc(C)cc3)c(C#N)c2-c2ccccc2)cc1. The van der Waals surface area contributed by atoms with Crippen LogP contribution in [0.4, 0.5) is 5.88 Å². The zero-order valence-electron chi connectivity index (χ0n) is 16.8. The van der Waals surface area contributed by atoms with Crippen LogP contribution in [0.25, 0.3) is 22.5 Å². The van der Waals surface area contributed by atoms with Gasteiger partial charge >= 0.3 is 0 Å². The van der Waals surface area contributed by atoms with Crippen molar-refractivity contribution in [2.45, 2.75) is 13.8 Å². The summed E-state index contributed by atoms with van der Waals surface area (Å²) in [6.07, 6.45) is 0. The number of nitrogens with zero attached hydrogens (tertiary/aromatic N) is 1. The molecule has 0 unspecified atom stereocenters. The van der Waals surface area contributed by atoms with E-state index >= 15 is 0 Å². The van der Waals surface area contributed by atoms with Gasteiger partial charge in [-0.3, -0.25) is 10.1 Å². The lowest BCUT2D eigenvalue weighted by Crippen LogP contribution is -2.11. The molecule has 146 valence electrons. The monoisotopic (exact) mass is 392 g/mol. The molecule has 0 fully saturated rings. The summed E-state index contributed by atoms with van der Waals surface area (Å²) in [4.78, 5) is 12.8. The van der Waals surface area contributed by atoms with Crippen LogP contribution in [-0.2, 0) is 0 Å². The number of aryl methyl sites for hydroxylation is 2. The minimum atomic E-state index is -0.291. The van der Waals surface area contributed by atoms with Crippen LogP contribution in [0.2, 0.25) is 0 Å². The van der Waals surface area contributed by atoms with Crippen LogP contribution in [0.15, 0.2) is 83.3 Å². The van der Waals surface area contributed by atoms with Gasteiger partial charge in [0.2, 0.25) is 5.88 Å². The summed E-state index contributed by atoms with van der Waals surface area (Å²) in [5.74, 6) is 0.412. The summed E-state index contributed by atoms with van der Waals surface area (Å²) in [7, 11) is 0. The second-order valence-corrected chi connectivity index (χ2v) is 7.17. The molecule has 4 nitrogen and oxygen atoms in total. The van der Waals surface area contributed by atoms with Crippen LogP contribution in [0.3, 0.4) is 0 Å². The largest absolute Gasteiger partial charge is 0.438 e. The Bertz CT molecular complexity index is 1230. The molecule has 0 aliphatic rings. The Balaban J connectivity index is 1.84. The van der Waals surface area contributed by atoms with Gasteiger partial charge in [0.1, 0.15) is 11.6 Å². The van der Waals surface area contributed by atoms with Gasteiger partial charge in [-0.05, 0) is 31.5 Å². The summed E-state index contributed by atoms with van der Waals surface area (Å²) in [6, 6.07) is 26.8. The first-order valence-corrected chi connectivity index (χ1v) is 9.64. The first kappa shape index (κ1) is 19.2. The average Bonchev–Trinajstić information content (AvgIpc) is 3.13. The van der Waals surface area contributed by atoms with Crippen molar-refractivity contribution in [2.24, 2.45) is 0 Å². The van der Waals surface area contributed by atoms with Crippen LogP contribution in [-0.4, -0.2) is 5.91 Å². The van der Waals surface area contributed by atoms with E-state index < -0.39 is 0 Å². The molecule has 1 heterocycles. The number of amides is 1. The number of hydrogen-bond donors (Lipinski definition) is 1. The summed E-state index contributed by atoms with van der Waals surface area (Å²) >= 11 is 0. The van der Waals surface area contributed by atoms with Crippen LogP contribution in [0, 0.1) is 25.2 Å². The molecule has 0 radical (unpaired) electrons. The molecule has 0 bridgehead atoms. The maximum absolute atomic E-state index is 12.8. The van der Waals surface area contributed by atoms with Crippen molar-refractivity contribution in [3.63, 3.8) is 0 Å². The first-order valence-electron chi connectivity index (χ1n) is 9.64. The quantitative estimate of drug-likeness (QED) is 0.440. The van der Waals surface area contributed by atoms with E-state index in [-0.39, 0.29) is 11.8 Å².